The van der Waals surface area contributed by atoms with Crippen molar-refractivity contribution in [1.82, 2.24) is 5.32 Å². The molecule has 1 aliphatic heterocycles. The Bertz CT molecular complexity index is 923. The molecule has 1 fully saturated rings. The van der Waals surface area contributed by atoms with Crippen molar-refractivity contribution < 1.29 is 24.2 Å². The molecule has 1 unspecified atom stereocenters. The van der Waals surface area contributed by atoms with Gasteiger partial charge in [0.05, 0.1) is 24.3 Å². The molecule has 152 valence electrons. The molecule has 7 nitrogen and oxygen atoms in total. The quantitative estimate of drug-likeness (QED) is 0.749. The molecule has 0 aromatic heterocycles. The molecule has 1 aliphatic rings. The zero-order chi connectivity index (χ0) is 21.0. The number of carbonyl (C=O) groups excluding carboxylic acids is 2. The lowest BCUT2D eigenvalue weighted by Gasteiger charge is -2.20. The average molecular weight is 396 g/mol. The molecular formula is C22H24N2O5. The predicted octanol–water partition coefficient (Wildman–Crippen LogP) is 2.41. The minimum absolute atomic E-state index is 0.0988. The number of hydrogen-bond acceptors (Lipinski definition) is 4. The van der Waals surface area contributed by atoms with Crippen LogP contribution in [0, 0.1) is 12.8 Å². The van der Waals surface area contributed by atoms with Gasteiger partial charge in [0.2, 0.25) is 11.8 Å². The van der Waals surface area contributed by atoms with Crippen LogP contribution in [0.3, 0.4) is 0 Å². The molecule has 1 atom stereocenters. The summed E-state index contributed by atoms with van der Waals surface area (Å²) in [5.41, 5.74) is 2.86. The van der Waals surface area contributed by atoms with Gasteiger partial charge in [0.25, 0.3) is 0 Å². The monoisotopic (exact) mass is 396 g/mol. The molecule has 1 saturated heterocycles. The van der Waals surface area contributed by atoms with Gasteiger partial charge in [-0.15, -0.1) is 0 Å². The van der Waals surface area contributed by atoms with Gasteiger partial charge < -0.3 is 20.1 Å². The summed E-state index contributed by atoms with van der Waals surface area (Å²) < 4.78 is 5.36. The number of anilines is 1. The number of hydrogen-bond donors (Lipinski definition) is 2. The van der Waals surface area contributed by atoms with Crippen molar-refractivity contribution in [3.63, 3.8) is 0 Å². The molecule has 3 rings (SSSR count). The number of aryl methyl sites for hydroxylation is 1. The minimum atomic E-state index is -0.967. The van der Waals surface area contributed by atoms with Crippen molar-refractivity contribution in [1.29, 1.82) is 0 Å². The van der Waals surface area contributed by atoms with Gasteiger partial charge in [0, 0.05) is 19.5 Å². The summed E-state index contributed by atoms with van der Waals surface area (Å²) in [6, 6.07) is 12.2. The minimum Gasteiger partial charge on any atom is -0.495 e. The fourth-order valence-electron chi connectivity index (χ4n) is 3.42. The summed E-state index contributed by atoms with van der Waals surface area (Å²) >= 11 is 0. The van der Waals surface area contributed by atoms with Gasteiger partial charge in [0.15, 0.2) is 0 Å². The summed E-state index contributed by atoms with van der Waals surface area (Å²) in [6.07, 6.45) is 0.748. The third kappa shape index (κ3) is 4.74. The maximum atomic E-state index is 12.5. The van der Waals surface area contributed by atoms with Crippen LogP contribution in [0.2, 0.25) is 0 Å². The molecule has 2 aromatic carbocycles. The lowest BCUT2D eigenvalue weighted by molar-refractivity contribution is -0.126. The highest BCUT2D eigenvalue weighted by molar-refractivity contribution is 6.01. The van der Waals surface area contributed by atoms with Gasteiger partial charge in [-0.25, -0.2) is 4.79 Å². The largest absolute Gasteiger partial charge is 0.495 e. The van der Waals surface area contributed by atoms with Crippen molar-refractivity contribution in [2.45, 2.75) is 19.8 Å². The Kier molecular flexibility index (Phi) is 6.16. The molecule has 2 aromatic rings. The smallest absolute Gasteiger partial charge is 0.335 e. The van der Waals surface area contributed by atoms with E-state index in [1.54, 1.807) is 36.3 Å². The molecule has 0 radical (unpaired) electrons. The van der Waals surface area contributed by atoms with E-state index in [1.807, 2.05) is 25.1 Å². The number of rotatable bonds is 7. The van der Waals surface area contributed by atoms with E-state index in [1.165, 1.54) is 0 Å². The summed E-state index contributed by atoms with van der Waals surface area (Å²) in [6.45, 7) is 2.68. The maximum absolute atomic E-state index is 12.5. The Morgan fingerprint density at radius 1 is 1.21 bits per heavy atom. The summed E-state index contributed by atoms with van der Waals surface area (Å²) in [5.74, 6) is -1.03. The highest BCUT2D eigenvalue weighted by atomic mass is 16.5. The zero-order valence-corrected chi connectivity index (χ0v) is 16.5. The normalized spacial score (nSPS) is 16.0. The van der Waals surface area contributed by atoms with Crippen LogP contribution >= 0.6 is 0 Å². The number of carboxylic acid groups (broad SMARTS) is 1. The van der Waals surface area contributed by atoms with Crippen LogP contribution in [0.5, 0.6) is 5.75 Å². The SMILES string of the molecule is COc1ccc(C)cc1N1CC(C(=O)NCCc2ccc(C(=O)O)cc2)CC1=O. The van der Waals surface area contributed by atoms with Gasteiger partial charge in [-0.1, -0.05) is 18.2 Å². The number of nitrogens with one attached hydrogen (secondary N) is 1. The first-order chi connectivity index (χ1) is 13.9. The molecule has 29 heavy (non-hydrogen) atoms. The van der Waals surface area contributed by atoms with Crippen LogP contribution in [0.4, 0.5) is 5.69 Å². The van der Waals surface area contributed by atoms with Gasteiger partial charge in [-0.05, 0) is 48.7 Å². The highest BCUT2D eigenvalue weighted by Crippen LogP contribution is 2.33. The second kappa shape index (κ2) is 8.77. The Hall–Kier alpha value is -3.35. The van der Waals surface area contributed by atoms with E-state index < -0.39 is 11.9 Å². The average Bonchev–Trinajstić information content (AvgIpc) is 3.10. The number of methoxy groups -OCH3 is 1. The summed E-state index contributed by atoms with van der Waals surface area (Å²) in [7, 11) is 1.56. The molecule has 0 bridgehead atoms. The molecule has 2 N–H and O–H groups in total. The molecule has 2 amide bonds. The molecule has 7 heteroatoms. The second-order valence-corrected chi connectivity index (χ2v) is 7.12. The Balaban J connectivity index is 1.56. The topological polar surface area (TPSA) is 95.9 Å². The van der Waals surface area contributed by atoms with Crippen molar-refractivity contribution in [3.8, 4) is 5.75 Å². The van der Waals surface area contributed by atoms with E-state index in [4.69, 9.17) is 9.84 Å². The van der Waals surface area contributed by atoms with Crippen LogP contribution < -0.4 is 15.0 Å². The number of amides is 2. The van der Waals surface area contributed by atoms with Gasteiger partial charge in [-0.3, -0.25) is 9.59 Å². The van der Waals surface area contributed by atoms with Crippen molar-refractivity contribution in [3.05, 3.63) is 59.2 Å². The molecule has 1 heterocycles. The Morgan fingerprint density at radius 2 is 1.93 bits per heavy atom. The standard InChI is InChI=1S/C22H24N2O5/c1-14-3-8-19(29-2)18(11-14)24-13-17(12-20(24)25)21(26)23-10-9-15-4-6-16(7-5-15)22(27)28/h3-8,11,17H,9-10,12-13H2,1-2H3,(H,23,26)(H,27,28). The van der Waals surface area contributed by atoms with Crippen LogP contribution in [0.15, 0.2) is 42.5 Å². The number of carboxylic acids is 1. The summed E-state index contributed by atoms with van der Waals surface area (Å²) in [4.78, 5) is 37.5. The van der Waals surface area contributed by atoms with Crippen LogP contribution in [0.1, 0.15) is 27.9 Å². The van der Waals surface area contributed by atoms with Crippen LogP contribution in [-0.4, -0.2) is 43.1 Å². The van der Waals surface area contributed by atoms with E-state index in [9.17, 15) is 14.4 Å². The number of ether oxygens (including phenoxy) is 1. The number of aromatic carboxylic acids is 1. The Labute approximate surface area is 169 Å². The van der Waals surface area contributed by atoms with Crippen molar-refractivity contribution in [2.75, 3.05) is 25.1 Å². The number of nitrogens with zero attached hydrogens (tertiary/aromatic N) is 1. The van der Waals surface area contributed by atoms with Crippen LogP contribution in [-0.2, 0) is 16.0 Å². The molecule has 0 aliphatic carbocycles. The maximum Gasteiger partial charge on any atom is 0.335 e. The van der Waals surface area contributed by atoms with Crippen molar-refractivity contribution >= 4 is 23.5 Å². The van der Waals surface area contributed by atoms with Gasteiger partial charge >= 0.3 is 5.97 Å². The first kappa shape index (κ1) is 20.4. The molecule has 0 saturated carbocycles. The van der Waals surface area contributed by atoms with Gasteiger partial charge in [0.1, 0.15) is 5.75 Å². The third-order valence-corrected chi connectivity index (χ3v) is 5.03. The lowest BCUT2D eigenvalue weighted by atomic mass is 10.1. The van der Waals surface area contributed by atoms with E-state index in [2.05, 4.69) is 5.32 Å². The second-order valence-electron chi connectivity index (χ2n) is 7.12. The number of benzene rings is 2. The van der Waals surface area contributed by atoms with Crippen molar-refractivity contribution in [2.24, 2.45) is 5.92 Å². The Morgan fingerprint density at radius 3 is 2.59 bits per heavy atom. The fourth-order valence-corrected chi connectivity index (χ4v) is 3.42. The van der Waals surface area contributed by atoms with E-state index >= 15 is 0 Å². The van der Waals surface area contributed by atoms with E-state index in [0.717, 1.165) is 11.1 Å². The first-order valence-corrected chi connectivity index (χ1v) is 9.44. The zero-order valence-electron chi connectivity index (χ0n) is 16.5. The van der Waals surface area contributed by atoms with Gasteiger partial charge in [-0.2, -0.15) is 0 Å². The fraction of sp³-hybridized carbons (Fsp3) is 0.318. The number of carbonyl (C=O) groups is 3. The first-order valence-electron chi connectivity index (χ1n) is 9.44. The van der Waals surface area contributed by atoms with E-state index in [0.29, 0.717) is 30.9 Å². The molecular weight excluding hydrogens is 372 g/mol. The lowest BCUT2D eigenvalue weighted by Crippen LogP contribution is -2.34. The molecule has 0 spiro atoms. The predicted molar refractivity (Wildman–Crippen MR) is 108 cm³/mol. The summed E-state index contributed by atoms with van der Waals surface area (Å²) in [5, 5.41) is 11.8. The third-order valence-electron chi connectivity index (χ3n) is 5.03. The van der Waals surface area contributed by atoms with E-state index in [-0.39, 0.29) is 23.8 Å². The van der Waals surface area contributed by atoms with Crippen LogP contribution in [0.25, 0.3) is 0 Å². The highest BCUT2D eigenvalue weighted by Gasteiger charge is 2.36.